The molecule has 4 aliphatic rings. The lowest BCUT2D eigenvalue weighted by Crippen LogP contribution is -2.52. The fraction of sp³-hybridized carbons (Fsp3) is 0.355. The fourth-order valence-corrected chi connectivity index (χ4v) is 12.7. The number of H-pyrrole nitrogens is 2. The van der Waals surface area contributed by atoms with Crippen LogP contribution in [0.3, 0.4) is 0 Å². The summed E-state index contributed by atoms with van der Waals surface area (Å²) in [5, 5.41) is 8.92. The molecule has 0 atom stereocenters. The maximum absolute atomic E-state index is 7.34. The molecular weight excluding hydrogens is 956 g/mol. The van der Waals surface area contributed by atoms with Gasteiger partial charge in [0.2, 0.25) is 0 Å². The zero-order valence-electron chi connectivity index (χ0n) is 42.0. The Hall–Kier alpha value is -6.34. The van der Waals surface area contributed by atoms with Crippen LogP contribution in [0.25, 0.3) is 54.0 Å². The summed E-state index contributed by atoms with van der Waals surface area (Å²) in [4.78, 5) is 29.1. The Labute approximate surface area is 445 Å². The molecule has 0 amide bonds. The molecule has 0 bridgehead atoms. The van der Waals surface area contributed by atoms with Crippen LogP contribution in [-0.2, 0) is 24.2 Å². The van der Waals surface area contributed by atoms with Gasteiger partial charge in [0.25, 0.3) is 0 Å². The lowest BCUT2D eigenvalue weighted by Gasteiger charge is -2.45. The third-order valence-electron chi connectivity index (χ3n) is 16.7. The maximum atomic E-state index is 7.34. The van der Waals surface area contributed by atoms with Gasteiger partial charge in [-0.25, -0.2) is 19.7 Å². The van der Waals surface area contributed by atoms with Crippen LogP contribution in [0.4, 0.5) is 11.4 Å². The molecule has 2 saturated heterocycles. The second-order valence-corrected chi connectivity index (χ2v) is 21.8. The van der Waals surface area contributed by atoms with Crippen molar-refractivity contribution in [1.82, 2.24) is 40.4 Å². The van der Waals surface area contributed by atoms with Gasteiger partial charge in [0.15, 0.2) is 11.4 Å². The summed E-state index contributed by atoms with van der Waals surface area (Å²) in [6.07, 6.45) is 15.2. The van der Waals surface area contributed by atoms with Gasteiger partial charge >= 0.3 is 0 Å². The van der Waals surface area contributed by atoms with Crippen molar-refractivity contribution in [3.63, 3.8) is 0 Å². The van der Waals surface area contributed by atoms with Gasteiger partial charge in [-0.15, -0.1) is 0 Å². The Morgan fingerprint density at radius 3 is 1.42 bits per heavy atom. The van der Waals surface area contributed by atoms with Gasteiger partial charge in [-0.2, -0.15) is 0 Å². The smallest absolute Gasteiger partial charge is 0.187 e. The van der Waals surface area contributed by atoms with Gasteiger partial charge in [0.1, 0.15) is 11.6 Å². The average molecular weight is 1020 g/mol. The van der Waals surface area contributed by atoms with Crippen molar-refractivity contribution in [1.29, 1.82) is 0 Å². The predicted molar refractivity (Wildman–Crippen MR) is 302 cm³/mol. The van der Waals surface area contributed by atoms with E-state index in [1.165, 1.54) is 62.5 Å². The monoisotopic (exact) mass is 1020 g/mol. The van der Waals surface area contributed by atoms with Gasteiger partial charge in [-0.1, -0.05) is 146 Å². The molecule has 74 heavy (non-hydrogen) atoms. The molecule has 376 valence electrons. The molecule has 10 nitrogen and oxygen atoms in total. The molecule has 2 aliphatic heterocycles. The molecule has 4 heterocycles. The normalized spacial score (nSPS) is 18.3. The first-order chi connectivity index (χ1) is 36.2. The van der Waals surface area contributed by atoms with E-state index < -0.39 is 0 Å². The highest BCUT2D eigenvalue weighted by atomic mass is 35.5. The lowest BCUT2D eigenvalue weighted by atomic mass is 9.79. The van der Waals surface area contributed by atoms with E-state index in [1.807, 2.05) is 60.7 Å². The maximum Gasteiger partial charge on any atom is 0.187 e. The van der Waals surface area contributed by atoms with Gasteiger partial charge in [0, 0.05) is 49.3 Å². The highest BCUT2D eigenvalue weighted by Gasteiger charge is 2.40. The Balaban J connectivity index is 0.000000159. The third-order valence-corrected chi connectivity index (χ3v) is 17.4. The fourth-order valence-electron chi connectivity index (χ4n) is 12.4. The number of hydrogen-bond acceptors (Lipinski definition) is 6. The first-order valence-corrected chi connectivity index (χ1v) is 27.4. The minimum atomic E-state index is -0.139. The number of hydrogen-bond donors (Lipinski definition) is 4. The van der Waals surface area contributed by atoms with Crippen LogP contribution in [-0.4, -0.2) is 68.0 Å². The molecule has 0 unspecified atom stereocenters. The van der Waals surface area contributed by atoms with Crippen molar-refractivity contribution in [2.24, 2.45) is 0 Å². The molecule has 0 spiro atoms. The van der Waals surface area contributed by atoms with E-state index in [0.717, 1.165) is 120 Å². The number of nitrogens with one attached hydrogen (secondary N) is 4. The number of piperidine rings is 2. The van der Waals surface area contributed by atoms with Crippen molar-refractivity contribution in [2.45, 2.75) is 113 Å². The Morgan fingerprint density at radius 1 is 0.500 bits per heavy atom. The number of benzene rings is 6. The summed E-state index contributed by atoms with van der Waals surface area (Å²) in [7, 11) is 0. The molecule has 2 aliphatic carbocycles. The van der Waals surface area contributed by atoms with E-state index in [4.69, 9.17) is 46.3 Å². The first-order valence-electron chi connectivity index (χ1n) is 26.7. The minimum absolute atomic E-state index is 0.0784. The molecule has 2 aromatic heterocycles. The summed E-state index contributed by atoms with van der Waals surface area (Å²) in [5.41, 5.74) is 12.0. The average Bonchev–Trinajstić information content (AvgIpc) is 4.32. The van der Waals surface area contributed by atoms with Crippen LogP contribution in [0.5, 0.6) is 0 Å². The summed E-state index contributed by atoms with van der Waals surface area (Å²) < 4.78 is 0. The first kappa shape index (κ1) is 49.9. The topological polar surface area (TPSA) is 96.6 Å². The third kappa shape index (κ3) is 10.9. The van der Waals surface area contributed by atoms with Crippen LogP contribution in [0.2, 0.25) is 10.0 Å². The number of likely N-dealkylation sites (tertiary alicyclic amines) is 2. The number of nitrogens with zero attached hydrogens (tertiary/aromatic N) is 6. The molecule has 4 fully saturated rings. The second kappa shape index (κ2) is 22.2. The molecule has 6 aromatic carbocycles. The van der Waals surface area contributed by atoms with Gasteiger partial charge < -0.3 is 30.4 Å². The summed E-state index contributed by atoms with van der Waals surface area (Å²) in [6, 6.07) is 47.0. The number of aromatic amines is 2. The lowest BCUT2D eigenvalue weighted by molar-refractivity contribution is 0.0967. The molecule has 0 radical (unpaired) electrons. The molecule has 12 heteroatoms. The van der Waals surface area contributed by atoms with Crippen molar-refractivity contribution < 1.29 is 0 Å². The Kier molecular flexibility index (Phi) is 15.0. The van der Waals surface area contributed by atoms with Crippen LogP contribution in [0, 0.1) is 13.1 Å². The summed E-state index contributed by atoms with van der Waals surface area (Å²) in [5.74, 6) is 1.87. The van der Waals surface area contributed by atoms with E-state index in [0.29, 0.717) is 34.5 Å². The van der Waals surface area contributed by atoms with Gasteiger partial charge in [-0.05, 0) is 121 Å². The number of fused-ring (bicyclic) bond motifs is 2. The van der Waals surface area contributed by atoms with E-state index in [1.54, 1.807) is 0 Å². The van der Waals surface area contributed by atoms with Crippen molar-refractivity contribution in [3.05, 3.63) is 189 Å². The summed E-state index contributed by atoms with van der Waals surface area (Å²) >= 11 is 12.4. The van der Waals surface area contributed by atoms with Crippen molar-refractivity contribution >= 4 is 56.6 Å². The zero-order valence-corrected chi connectivity index (χ0v) is 43.5. The standard InChI is InChI=1S/C31H31Cl2N5.C31H33N5/c1-34-24-6-4-5-22(17-24)21-9-11-23(12-10-21)31(13-15-38(16-14-31)25-7-2-3-8-25)35-20-30-36-28-18-26(32)27(33)19-29(28)37-30;1-32-26-8-6-7-24(21-26)23-13-15-25(16-14-23)31(17-19-36(20-18-31)27-9-2-3-10-27)33-22-30-34-28-11-4-5-12-29(28)35-30/h4-6,9-12,17-19,25,35H,2-3,7-8,13-16,20H2,(H,36,37);4-8,11-16,21,27,33H,2-3,9-10,17-20,22H2,(H,34,35). The predicted octanol–water partition coefficient (Wildman–Crippen LogP) is 14.9. The van der Waals surface area contributed by atoms with Crippen LogP contribution in [0.1, 0.15) is 99.8 Å². The summed E-state index contributed by atoms with van der Waals surface area (Å²) in [6.45, 7) is 20.5. The number of aromatic nitrogens is 4. The largest absolute Gasteiger partial charge is 0.341 e. The second-order valence-electron chi connectivity index (χ2n) is 21.0. The van der Waals surface area contributed by atoms with Crippen LogP contribution >= 0.6 is 23.2 Å². The Morgan fingerprint density at radius 2 is 0.946 bits per heavy atom. The van der Waals surface area contributed by atoms with Gasteiger partial charge in [-0.3, -0.25) is 0 Å². The highest BCUT2D eigenvalue weighted by Crippen LogP contribution is 2.40. The molecule has 8 aromatic rings. The van der Waals surface area contributed by atoms with Crippen LogP contribution < -0.4 is 10.6 Å². The molecular formula is C62H64Cl2N10. The molecule has 12 rings (SSSR count). The Bertz CT molecular complexity index is 3210. The number of imidazole rings is 2. The SMILES string of the molecule is [C-]#[N+]c1cccc(-c2ccc(C3(NCc4nc5cc(Cl)c(Cl)cc5[nH]4)CCN(C4CCCC4)CC3)cc2)c1.[C-]#[N+]c1cccc(-c2ccc(C3(NCc4nc5ccccc5[nH]4)CCN(C4CCCC4)CC3)cc2)c1. The quantitative estimate of drug-likeness (QED) is 0.0911. The molecule has 2 saturated carbocycles. The van der Waals surface area contributed by atoms with Crippen molar-refractivity contribution in [3.8, 4) is 22.3 Å². The number of para-hydroxylation sites is 2. The van der Waals surface area contributed by atoms with E-state index >= 15 is 0 Å². The minimum Gasteiger partial charge on any atom is -0.341 e. The number of halogens is 2. The molecule has 4 N–H and O–H groups in total. The van der Waals surface area contributed by atoms with Crippen LogP contribution in [0.15, 0.2) is 133 Å². The zero-order chi connectivity index (χ0) is 50.5. The van der Waals surface area contributed by atoms with E-state index in [9.17, 15) is 0 Å². The van der Waals surface area contributed by atoms with E-state index in [2.05, 4.69) is 113 Å². The highest BCUT2D eigenvalue weighted by molar-refractivity contribution is 6.42. The van der Waals surface area contributed by atoms with E-state index in [-0.39, 0.29) is 11.1 Å². The van der Waals surface area contributed by atoms with Gasteiger partial charge in [0.05, 0.1) is 58.3 Å². The number of rotatable bonds is 12. The van der Waals surface area contributed by atoms with Crippen molar-refractivity contribution in [2.75, 3.05) is 26.2 Å².